The zero-order valence-electron chi connectivity index (χ0n) is 13.6. The number of carbonyl (C=O) groups excluding carboxylic acids is 1. The average Bonchev–Trinajstić information content (AvgIpc) is 3.08. The van der Waals surface area contributed by atoms with Gasteiger partial charge in [-0.25, -0.2) is 4.98 Å². The van der Waals surface area contributed by atoms with Crippen LogP contribution in [0.4, 0.5) is 5.13 Å². The lowest BCUT2D eigenvalue weighted by atomic mass is 10.0. The van der Waals surface area contributed by atoms with Crippen molar-refractivity contribution in [2.24, 2.45) is 0 Å². The molecule has 9 heteroatoms. The Morgan fingerprint density at radius 2 is 2.25 bits per heavy atom. The molecular weight excluding hydrogens is 328 g/mol. The summed E-state index contributed by atoms with van der Waals surface area (Å²) in [5, 5.41) is 23.4. The van der Waals surface area contributed by atoms with Crippen LogP contribution in [0, 0.1) is 0 Å². The fourth-order valence-corrected chi connectivity index (χ4v) is 3.40. The van der Waals surface area contributed by atoms with E-state index < -0.39 is 6.10 Å². The summed E-state index contributed by atoms with van der Waals surface area (Å²) in [4.78, 5) is 22.0. The number of rotatable bonds is 4. The molecule has 0 spiro atoms. The fourth-order valence-electron chi connectivity index (χ4n) is 2.52. The highest BCUT2D eigenvalue weighted by molar-refractivity contribution is 7.15. The van der Waals surface area contributed by atoms with E-state index in [0.29, 0.717) is 25.4 Å². The highest BCUT2D eigenvalue weighted by Crippen LogP contribution is 2.27. The summed E-state index contributed by atoms with van der Waals surface area (Å²) in [6, 6.07) is -0.312. The van der Waals surface area contributed by atoms with Crippen molar-refractivity contribution in [1.29, 1.82) is 0 Å². The van der Waals surface area contributed by atoms with Crippen molar-refractivity contribution >= 4 is 22.4 Å². The number of carbonyl (C=O) groups is 1. The topological polar surface area (TPSA) is 104 Å². The Morgan fingerprint density at radius 3 is 2.88 bits per heavy atom. The van der Waals surface area contributed by atoms with E-state index in [4.69, 9.17) is 0 Å². The molecule has 0 unspecified atom stereocenters. The zero-order valence-corrected chi connectivity index (χ0v) is 14.4. The molecule has 0 aliphatic carbocycles. The molecule has 3 heterocycles. The summed E-state index contributed by atoms with van der Waals surface area (Å²) in [5.74, 6) is 0.0172. The van der Waals surface area contributed by atoms with Crippen LogP contribution in [0.1, 0.15) is 41.7 Å². The number of β-amino-alcohol motifs (C(OH)–C–C–N with tert-alkyl or cyclic N) is 1. The number of hydrogen-bond donors (Lipinski definition) is 2. The van der Waals surface area contributed by atoms with Gasteiger partial charge < -0.3 is 15.3 Å². The minimum absolute atomic E-state index is 0.248. The van der Waals surface area contributed by atoms with Crippen LogP contribution in [0.3, 0.4) is 0 Å². The van der Waals surface area contributed by atoms with Crippen molar-refractivity contribution in [3.8, 4) is 0 Å². The molecule has 1 fully saturated rings. The van der Waals surface area contributed by atoms with Crippen LogP contribution in [0.25, 0.3) is 0 Å². The van der Waals surface area contributed by atoms with E-state index in [-0.39, 0.29) is 17.6 Å². The number of amides is 1. The van der Waals surface area contributed by atoms with E-state index >= 15 is 0 Å². The van der Waals surface area contributed by atoms with Crippen LogP contribution in [0.15, 0.2) is 18.6 Å². The Morgan fingerprint density at radius 1 is 1.42 bits per heavy atom. The molecule has 0 saturated carbocycles. The predicted molar refractivity (Wildman–Crippen MR) is 90.1 cm³/mol. The van der Waals surface area contributed by atoms with Crippen molar-refractivity contribution in [3.05, 3.63) is 29.3 Å². The van der Waals surface area contributed by atoms with E-state index in [1.807, 2.05) is 4.90 Å². The van der Waals surface area contributed by atoms with Gasteiger partial charge in [-0.3, -0.25) is 9.78 Å². The van der Waals surface area contributed by atoms with E-state index in [2.05, 4.69) is 39.3 Å². The Labute approximate surface area is 144 Å². The molecule has 1 aliphatic rings. The van der Waals surface area contributed by atoms with Gasteiger partial charge in [-0.15, -0.1) is 10.2 Å². The first-order valence-electron chi connectivity index (χ1n) is 7.88. The standard InChI is InChI=1S/C15H20N6O2S/c1-9(2)14-19-20-15(24-14)21-6-3-10(12(22)8-21)18-13(23)11-7-16-4-5-17-11/h4-5,7,9-10,12,22H,3,6,8H2,1-2H3,(H,18,23)/t10-,12-/m1/s1. The van der Waals surface area contributed by atoms with Crippen LogP contribution in [-0.2, 0) is 0 Å². The average molecular weight is 348 g/mol. The number of nitrogens with zero attached hydrogens (tertiary/aromatic N) is 5. The quantitative estimate of drug-likeness (QED) is 0.843. The first-order valence-corrected chi connectivity index (χ1v) is 8.69. The van der Waals surface area contributed by atoms with Crippen LogP contribution < -0.4 is 10.2 Å². The largest absolute Gasteiger partial charge is 0.389 e. The Bertz CT molecular complexity index is 692. The molecule has 24 heavy (non-hydrogen) atoms. The predicted octanol–water partition coefficient (Wildman–Crippen LogP) is 0.821. The highest BCUT2D eigenvalue weighted by atomic mass is 32.1. The maximum absolute atomic E-state index is 12.1. The lowest BCUT2D eigenvalue weighted by Crippen LogP contribution is -2.54. The molecule has 1 amide bonds. The number of aliphatic hydroxyl groups excluding tert-OH is 1. The molecule has 0 bridgehead atoms. The first-order chi connectivity index (χ1) is 11.5. The molecule has 2 aromatic rings. The molecule has 2 atom stereocenters. The molecular formula is C15H20N6O2S. The second kappa shape index (κ2) is 7.18. The third kappa shape index (κ3) is 3.68. The number of anilines is 1. The van der Waals surface area contributed by atoms with Gasteiger partial charge in [0.25, 0.3) is 5.91 Å². The Hall–Kier alpha value is -2.13. The molecule has 1 aliphatic heterocycles. The van der Waals surface area contributed by atoms with Crippen molar-refractivity contribution in [3.63, 3.8) is 0 Å². The normalized spacial score (nSPS) is 21.1. The minimum atomic E-state index is -0.675. The van der Waals surface area contributed by atoms with Gasteiger partial charge in [-0.2, -0.15) is 0 Å². The number of hydrogen-bond acceptors (Lipinski definition) is 8. The third-order valence-electron chi connectivity index (χ3n) is 3.89. The molecule has 8 nitrogen and oxygen atoms in total. The van der Waals surface area contributed by atoms with Crippen molar-refractivity contribution < 1.29 is 9.90 Å². The molecule has 0 aromatic carbocycles. The first kappa shape index (κ1) is 16.7. The second-order valence-corrected chi connectivity index (χ2v) is 7.04. The Balaban J connectivity index is 1.60. The summed E-state index contributed by atoms with van der Waals surface area (Å²) < 4.78 is 0. The van der Waals surface area contributed by atoms with Gasteiger partial charge in [0, 0.05) is 31.4 Å². The molecule has 1 saturated heterocycles. The van der Waals surface area contributed by atoms with Crippen molar-refractivity contribution in [2.75, 3.05) is 18.0 Å². The number of aliphatic hydroxyl groups is 1. The van der Waals surface area contributed by atoms with Gasteiger partial charge >= 0.3 is 0 Å². The number of aromatic nitrogens is 4. The lowest BCUT2D eigenvalue weighted by molar-refractivity contribution is 0.0793. The number of piperidine rings is 1. The monoisotopic (exact) mass is 348 g/mol. The summed E-state index contributed by atoms with van der Waals surface area (Å²) in [5.41, 5.74) is 0.248. The zero-order chi connectivity index (χ0) is 17.1. The molecule has 2 N–H and O–H groups in total. The van der Waals surface area contributed by atoms with E-state index in [0.717, 1.165) is 10.1 Å². The minimum Gasteiger partial charge on any atom is -0.389 e. The van der Waals surface area contributed by atoms with Gasteiger partial charge in [-0.1, -0.05) is 25.2 Å². The van der Waals surface area contributed by atoms with Crippen LogP contribution in [0.2, 0.25) is 0 Å². The molecule has 0 radical (unpaired) electrons. The highest BCUT2D eigenvalue weighted by Gasteiger charge is 2.31. The van der Waals surface area contributed by atoms with Gasteiger partial charge in [0.2, 0.25) is 5.13 Å². The van der Waals surface area contributed by atoms with Crippen molar-refractivity contribution in [1.82, 2.24) is 25.5 Å². The summed E-state index contributed by atoms with van der Waals surface area (Å²) >= 11 is 1.55. The van der Waals surface area contributed by atoms with Crippen LogP contribution in [0.5, 0.6) is 0 Å². The van der Waals surface area contributed by atoms with Crippen LogP contribution in [-0.4, -0.2) is 56.4 Å². The van der Waals surface area contributed by atoms with Gasteiger partial charge in [0.1, 0.15) is 10.7 Å². The van der Waals surface area contributed by atoms with Crippen molar-refractivity contribution in [2.45, 2.75) is 38.3 Å². The van der Waals surface area contributed by atoms with Gasteiger partial charge in [0.15, 0.2) is 0 Å². The fraction of sp³-hybridized carbons (Fsp3) is 0.533. The van der Waals surface area contributed by atoms with Gasteiger partial charge in [0.05, 0.1) is 18.3 Å². The van der Waals surface area contributed by atoms with E-state index in [9.17, 15) is 9.90 Å². The molecule has 128 valence electrons. The third-order valence-corrected chi connectivity index (χ3v) is 5.17. The summed E-state index contributed by atoms with van der Waals surface area (Å²) in [7, 11) is 0. The molecule has 2 aromatic heterocycles. The van der Waals surface area contributed by atoms with Crippen LogP contribution >= 0.6 is 11.3 Å². The summed E-state index contributed by atoms with van der Waals surface area (Å²) in [6.45, 7) is 5.27. The maximum atomic E-state index is 12.1. The lowest BCUT2D eigenvalue weighted by Gasteiger charge is -2.35. The van der Waals surface area contributed by atoms with E-state index in [1.165, 1.54) is 18.6 Å². The second-order valence-electron chi connectivity index (χ2n) is 6.05. The van der Waals surface area contributed by atoms with Gasteiger partial charge in [-0.05, 0) is 6.42 Å². The SMILES string of the molecule is CC(C)c1nnc(N2CC[C@@H](NC(=O)c3cnccn3)[C@H](O)C2)s1. The Kier molecular flexibility index (Phi) is 5.00. The van der Waals surface area contributed by atoms with E-state index in [1.54, 1.807) is 11.3 Å². The summed E-state index contributed by atoms with van der Waals surface area (Å²) in [6.07, 6.45) is 4.34. The maximum Gasteiger partial charge on any atom is 0.271 e. The molecule has 3 rings (SSSR count). The number of nitrogens with one attached hydrogen (secondary N) is 1. The smallest absolute Gasteiger partial charge is 0.271 e.